The maximum Gasteiger partial charge on any atom is 0.251 e. The molecule has 1 aromatic rings. The van der Waals surface area contributed by atoms with Crippen molar-refractivity contribution < 1.29 is 9.90 Å². The lowest BCUT2D eigenvalue weighted by Crippen LogP contribution is -2.34. The number of benzene rings is 1. The molecule has 0 saturated carbocycles. The molecule has 1 atom stereocenters. The first-order chi connectivity index (χ1) is 9.21. The number of aliphatic hydroxyl groups is 1. The van der Waals surface area contributed by atoms with Crippen LogP contribution in [0.25, 0.3) is 0 Å². The number of amides is 1. The molecule has 102 valence electrons. The van der Waals surface area contributed by atoms with E-state index in [1.54, 1.807) is 24.3 Å². The van der Waals surface area contributed by atoms with Crippen LogP contribution in [0, 0.1) is 11.8 Å². The summed E-state index contributed by atoms with van der Waals surface area (Å²) in [5.74, 6) is 5.34. The minimum Gasteiger partial charge on any atom is -0.384 e. The van der Waals surface area contributed by atoms with Crippen molar-refractivity contribution in [3.8, 4) is 11.8 Å². The zero-order chi connectivity index (χ0) is 14.1. The number of nitrogens with one attached hydrogen (secondary N) is 1. The van der Waals surface area contributed by atoms with Gasteiger partial charge in [0.2, 0.25) is 0 Å². The molecule has 3 heteroatoms. The number of hydrogen-bond acceptors (Lipinski definition) is 2. The molecule has 0 aliphatic heterocycles. The van der Waals surface area contributed by atoms with Crippen LogP contribution in [0.2, 0.25) is 0 Å². The average molecular weight is 259 g/mol. The minimum absolute atomic E-state index is 0.0398. The Hall–Kier alpha value is -1.79. The normalized spacial score (nSPS) is 11.3. The van der Waals surface area contributed by atoms with E-state index in [0.717, 1.165) is 24.8 Å². The molecule has 0 spiro atoms. The third-order valence-electron chi connectivity index (χ3n) is 2.92. The molecule has 19 heavy (non-hydrogen) atoms. The molecule has 1 amide bonds. The summed E-state index contributed by atoms with van der Waals surface area (Å²) in [6.45, 7) is 4.04. The fourth-order valence-electron chi connectivity index (χ4n) is 1.84. The SMILES string of the molecule is CCCC(CC)NC(=O)c1ccc(C#CCO)cc1. The molecule has 0 aliphatic carbocycles. The second kappa shape index (κ2) is 8.34. The van der Waals surface area contributed by atoms with E-state index < -0.39 is 0 Å². The van der Waals surface area contributed by atoms with Crippen LogP contribution in [0.4, 0.5) is 0 Å². The van der Waals surface area contributed by atoms with Crippen molar-refractivity contribution in [1.82, 2.24) is 5.32 Å². The number of rotatable bonds is 5. The Morgan fingerprint density at radius 2 is 2.00 bits per heavy atom. The van der Waals surface area contributed by atoms with Crippen molar-refractivity contribution in [3.05, 3.63) is 35.4 Å². The lowest BCUT2D eigenvalue weighted by molar-refractivity contribution is 0.0933. The van der Waals surface area contributed by atoms with Crippen molar-refractivity contribution in [2.24, 2.45) is 0 Å². The van der Waals surface area contributed by atoms with Gasteiger partial charge >= 0.3 is 0 Å². The Bertz CT molecular complexity index is 454. The van der Waals surface area contributed by atoms with Crippen molar-refractivity contribution in [2.45, 2.75) is 39.2 Å². The summed E-state index contributed by atoms with van der Waals surface area (Å²) in [5.41, 5.74) is 1.44. The van der Waals surface area contributed by atoms with E-state index in [1.165, 1.54) is 0 Å². The molecular weight excluding hydrogens is 238 g/mol. The Morgan fingerprint density at radius 1 is 1.32 bits per heavy atom. The Balaban J connectivity index is 2.67. The van der Waals surface area contributed by atoms with Gasteiger partial charge in [-0.2, -0.15) is 0 Å². The lowest BCUT2D eigenvalue weighted by atomic mass is 10.1. The summed E-state index contributed by atoms with van der Waals surface area (Å²) in [6, 6.07) is 7.34. The molecule has 0 aromatic heterocycles. The highest BCUT2D eigenvalue weighted by Gasteiger charge is 2.10. The quantitative estimate of drug-likeness (QED) is 0.797. The van der Waals surface area contributed by atoms with Crippen LogP contribution < -0.4 is 5.32 Å². The topological polar surface area (TPSA) is 49.3 Å². The highest BCUT2D eigenvalue weighted by Crippen LogP contribution is 2.06. The van der Waals surface area contributed by atoms with E-state index in [9.17, 15) is 4.79 Å². The van der Waals surface area contributed by atoms with Gasteiger partial charge in [-0.05, 0) is 37.1 Å². The second-order valence-electron chi connectivity index (χ2n) is 4.40. The Labute approximate surface area is 115 Å². The van der Waals surface area contributed by atoms with Crippen LogP contribution >= 0.6 is 0 Å². The van der Waals surface area contributed by atoms with Gasteiger partial charge in [0.1, 0.15) is 6.61 Å². The monoisotopic (exact) mass is 259 g/mol. The molecular formula is C16H21NO2. The van der Waals surface area contributed by atoms with Gasteiger partial charge in [0.25, 0.3) is 5.91 Å². The standard InChI is InChI=1S/C16H21NO2/c1-3-6-15(4-2)17-16(19)14-10-8-13(9-11-14)7-5-12-18/h8-11,15,18H,3-4,6,12H2,1-2H3,(H,17,19). The van der Waals surface area contributed by atoms with Crippen LogP contribution in [0.1, 0.15) is 49.0 Å². The van der Waals surface area contributed by atoms with Gasteiger partial charge in [0, 0.05) is 17.2 Å². The Morgan fingerprint density at radius 3 is 2.53 bits per heavy atom. The van der Waals surface area contributed by atoms with Gasteiger partial charge in [-0.25, -0.2) is 0 Å². The molecule has 0 heterocycles. The minimum atomic E-state index is -0.155. The summed E-state index contributed by atoms with van der Waals surface area (Å²) in [7, 11) is 0. The van der Waals surface area contributed by atoms with Gasteiger partial charge in [-0.1, -0.05) is 32.1 Å². The number of carbonyl (C=O) groups excluding carboxylic acids is 1. The first kappa shape index (κ1) is 15.3. The first-order valence-electron chi connectivity index (χ1n) is 6.71. The predicted molar refractivity (Wildman–Crippen MR) is 76.9 cm³/mol. The van der Waals surface area contributed by atoms with Crippen molar-refractivity contribution in [2.75, 3.05) is 6.61 Å². The van der Waals surface area contributed by atoms with Gasteiger partial charge in [0.15, 0.2) is 0 Å². The number of hydrogen-bond donors (Lipinski definition) is 2. The zero-order valence-corrected chi connectivity index (χ0v) is 11.6. The van der Waals surface area contributed by atoms with Crippen LogP contribution in [-0.2, 0) is 0 Å². The molecule has 0 aliphatic rings. The fourth-order valence-corrected chi connectivity index (χ4v) is 1.84. The molecule has 3 nitrogen and oxygen atoms in total. The van der Waals surface area contributed by atoms with Gasteiger partial charge < -0.3 is 10.4 Å². The van der Waals surface area contributed by atoms with E-state index in [4.69, 9.17) is 5.11 Å². The third kappa shape index (κ3) is 5.15. The van der Waals surface area contributed by atoms with Gasteiger partial charge in [0.05, 0.1) is 0 Å². The molecule has 0 fully saturated rings. The molecule has 0 saturated heterocycles. The Kier molecular flexibility index (Phi) is 6.70. The summed E-state index contributed by atoms with van der Waals surface area (Å²) in [4.78, 5) is 12.0. The molecule has 1 rings (SSSR count). The van der Waals surface area contributed by atoms with Crippen LogP contribution in [0.5, 0.6) is 0 Å². The third-order valence-corrected chi connectivity index (χ3v) is 2.92. The van der Waals surface area contributed by atoms with Crippen LogP contribution in [-0.4, -0.2) is 23.7 Å². The fraction of sp³-hybridized carbons (Fsp3) is 0.438. The molecule has 0 bridgehead atoms. The predicted octanol–water partition coefficient (Wildman–Crippen LogP) is 2.34. The second-order valence-corrected chi connectivity index (χ2v) is 4.40. The molecule has 1 aromatic carbocycles. The summed E-state index contributed by atoms with van der Waals surface area (Å²) >= 11 is 0. The highest BCUT2D eigenvalue weighted by molar-refractivity contribution is 5.94. The molecule has 0 radical (unpaired) electrons. The number of aliphatic hydroxyl groups excluding tert-OH is 1. The van der Waals surface area contributed by atoms with Crippen molar-refractivity contribution in [3.63, 3.8) is 0 Å². The van der Waals surface area contributed by atoms with E-state index in [2.05, 4.69) is 31.0 Å². The smallest absolute Gasteiger partial charge is 0.251 e. The summed E-state index contributed by atoms with van der Waals surface area (Å²) in [5, 5.41) is 11.6. The number of carbonyl (C=O) groups is 1. The van der Waals surface area contributed by atoms with E-state index in [1.807, 2.05) is 0 Å². The van der Waals surface area contributed by atoms with Crippen molar-refractivity contribution >= 4 is 5.91 Å². The first-order valence-corrected chi connectivity index (χ1v) is 6.71. The van der Waals surface area contributed by atoms with E-state index >= 15 is 0 Å². The largest absolute Gasteiger partial charge is 0.384 e. The lowest BCUT2D eigenvalue weighted by Gasteiger charge is -2.15. The average Bonchev–Trinajstić information content (AvgIpc) is 2.45. The van der Waals surface area contributed by atoms with E-state index in [-0.39, 0.29) is 18.6 Å². The highest BCUT2D eigenvalue weighted by atomic mass is 16.2. The van der Waals surface area contributed by atoms with E-state index in [0.29, 0.717) is 5.56 Å². The van der Waals surface area contributed by atoms with Gasteiger partial charge in [-0.15, -0.1) is 0 Å². The summed E-state index contributed by atoms with van der Waals surface area (Å²) < 4.78 is 0. The summed E-state index contributed by atoms with van der Waals surface area (Å²) in [6.07, 6.45) is 3.01. The molecule has 1 unspecified atom stereocenters. The maximum absolute atomic E-state index is 12.0. The maximum atomic E-state index is 12.0. The van der Waals surface area contributed by atoms with Crippen LogP contribution in [0.3, 0.4) is 0 Å². The van der Waals surface area contributed by atoms with Gasteiger partial charge in [-0.3, -0.25) is 4.79 Å². The molecule has 2 N–H and O–H groups in total. The van der Waals surface area contributed by atoms with Crippen molar-refractivity contribution in [1.29, 1.82) is 0 Å². The zero-order valence-electron chi connectivity index (χ0n) is 11.6. The van der Waals surface area contributed by atoms with Crippen LogP contribution in [0.15, 0.2) is 24.3 Å².